The molecule has 4 amide bonds. The van der Waals surface area contributed by atoms with E-state index in [1.165, 1.54) is 12.1 Å². The zero-order valence-electron chi connectivity index (χ0n) is 15.3. The molecule has 1 saturated heterocycles. The van der Waals surface area contributed by atoms with Gasteiger partial charge in [-0.2, -0.15) is 0 Å². The molecule has 3 N–H and O–H groups in total. The summed E-state index contributed by atoms with van der Waals surface area (Å²) >= 11 is 0. The van der Waals surface area contributed by atoms with Gasteiger partial charge in [0, 0.05) is 18.4 Å². The topological polar surface area (TPSA) is 87.3 Å². The van der Waals surface area contributed by atoms with Crippen molar-refractivity contribution in [1.82, 2.24) is 16.0 Å². The summed E-state index contributed by atoms with van der Waals surface area (Å²) in [6.45, 7) is 2.61. The average Bonchev–Trinajstić information content (AvgIpc) is 3.39. The van der Waals surface area contributed by atoms with Gasteiger partial charge in [-0.05, 0) is 30.7 Å². The Morgan fingerprint density at radius 2 is 1.93 bits per heavy atom. The molecule has 0 spiro atoms. The molecule has 3 rings (SSSR count). The minimum absolute atomic E-state index is 0.0304. The van der Waals surface area contributed by atoms with Crippen molar-refractivity contribution in [3.05, 3.63) is 35.4 Å². The number of alkyl halides is 2. The normalized spacial score (nSPS) is 23.6. The highest BCUT2D eigenvalue weighted by Crippen LogP contribution is 2.41. The van der Waals surface area contributed by atoms with Crippen molar-refractivity contribution in [2.24, 2.45) is 11.8 Å². The first-order chi connectivity index (χ1) is 12.6. The fraction of sp³-hybridized carbons (Fsp3) is 0.526. The van der Waals surface area contributed by atoms with E-state index in [0.717, 1.165) is 25.3 Å². The molecule has 8 heteroatoms. The summed E-state index contributed by atoms with van der Waals surface area (Å²) in [5.41, 5.74) is -0.368. The maximum absolute atomic E-state index is 13.3. The molecule has 1 heterocycles. The number of halogens is 2. The maximum Gasteiger partial charge on any atom is 0.322 e. The molecule has 2 unspecified atom stereocenters. The summed E-state index contributed by atoms with van der Waals surface area (Å²) in [5.74, 6) is -3.93. The predicted molar refractivity (Wildman–Crippen MR) is 94.0 cm³/mol. The van der Waals surface area contributed by atoms with Gasteiger partial charge in [0.25, 0.3) is 11.8 Å². The lowest BCUT2D eigenvalue weighted by Gasteiger charge is -2.27. The Balaban J connectivity index is 1.58. The van der Waals surface area contributed by atoms with Crippen LogP contribution in [0.25, 0.3) is 0 Å². The third-order valence-electron chi connectivity index (χ3n) is 5.23. The molecule has 2 aliphatic rings. The Bertz CT molecular complexity index is 756. The fourth-order valence-electron chi connectivity index (χ4n) is 3.42. The van der Waals surface area contributed by atoms with Crippen LogP contribution in [0.3, 0.4) is 0 Å². The lowest BCUT2D eigenvalue weighted by Crippen LogP contribution is -2.57. The van der Waals surface area contributed by atoms with Gasteiger partial charge in [0.1, 0.15) is 5.54 Å². The van der Waals surface area contributed by atoms with Crippen LogP contribution in [0.5, 0.6) is 0 Å². The highest BCUT2D eigenvalue weighted by Gasteiger charge is 2.56. The number of hydrogen-bond acceptors (Lipinski definition) is 3. The maximum atomic E-state index is 13.3. The Labute approximate surface area is 156 Å². The van der Waals surface area contributed by atoms with Gasteiger partial charge in [0.2, 0.25) is 5.91 Å². The monoisotopic (exact) mass is 379 g/mol. The molecule has 2 atom stereocenters. The summed E-state index contributed by atoms with van der Waals surface area (Å²) in [5, 5.41) is 7.65. The zero-order valence-corrected chi connectivity index (χ0v) is 15.3. The van der Waals surface area contributed by atoms with Crippen molar-refractivity contribution in [1.29, 1.82) is 0 Å². The molecule has 0 aromatic heterocycles. The molecule has 0 bridgehead atoms. The van der Waals surface area contributed by atoms with Crippen molar-refractivity contribution < 1.29 is 23.2 Å². The first-order valence-electron chi connectivity index (χ1n) is 9.00. The molecule has 2 fully saturated rings. The van der Waals surface area contributed by atoms with E-state index in [1.54, 1.807) is 19.1 Å². The number of hydrogen-bond donors (Lipinski definition) is 3. The Morgan fingerprint density at radius 1 is 1.30 bits per heavy atom. The van der Waals surface area contributed by atoms with Crippen molar-refractivity contribution in [2.45, 2.75) is 44.6 Å². The highest BCUT2D eigenvalue weighted by molar-refractivity contribution is 6.07. The van der Waals surface area contributed by atoms with Gasteiger partial charge in [-0.15, -0.1) is 0 Å². The van der Waals surface area contributed by atoms with Crippen molar-refractivity contribution in [3.63, 3.8) is 0 Å². The van der Waals surface area contributed by atoms with Crippen LogP contribution in [0.4, 0.5) is 13.6 Å². The fourth-order valence-corrected chi connectivity index (χ4v) is 3.42. The predicted octanol–water partition coefficient (Wildman–Crippen LogP) is 2.08. The second kappa shape index (κ2) is 6.90. The first-order valence-corrected chi connectivity index (χ1v) is 9.00. The second-order valence-corrected chi connectivity index (χ2v) is 7.56. The molecule has 146 valence electrons. The molecule has 1 saturated carbocycles. The van der Waals surface area contributed by atoms with Crippen molar-refractivity contribution in [3.8, 4) is 0 Å². The molecule has 1 aliphatic carbocycles. The van der Waals surface area contributed by atoms with Gasteiger partial charge >= 0.3 is 6.03 Å². The minimum atomic E-state index is -2.90. The molecule has 1 aliphatic heterocycles. The number of carbonyl (C=O) groups is 3. The number of carbonyl (C=O) groups excluding carboxylic acids is 3. The van der Waals surface area contributed by atoms with Crippen LogP contribution in [-0.2, 0) is 21.9 Å². The summed E-state index contributed by atoms with van der Waals surface area (Å²) in [6.07, 6.45) is 2.04. The van der Waals surface area contributed by atoms with Crippen LogP contribution in [0.15, 0.2) is 24.3 Å². The van der Waals surface area contributed by atoms with E-state index in [4.69, 9.17) is 0 Å². The van der Waals surface area contributed by atoms with Gasteiger partial charge in [-0.3, -0.25) is 14.9 Å². The number of rotatable bonds is 7. The largest absolute Gasteiger partial charge is 0.353 e. The van der Waals surface area contributed by atoms with Gasteiger partial charge < -0.3 is 10.6 Å². The minimum Gasteiger partial charge on any atom is -0.353 e. The van der Waals surface area contributed by atoms with Gasteiger partial charge in [0.05, 0.1) is 6.54 Å². The molecule has 0 radical (unpaired) electrons. The Kier molecular flexibility index (Phi) is 4.92. The molecule has 27 heavy (non-hydrogen) atoms. The van der Waals surface area contributed by atoms with E-state index < -0.39 is 29.3 Å². The molecule has 1 aromatic carbocycles. The smallest absolute Gasteiger partial charge is 0.322 e. The SMILES string of the molecule is CC(Cc1ccc(C(C)(F)F)cc1)C(=O)NCC1(C2CC2)NC(=O)NC1=O. The summed E-state index contributed by atoms with van der Waals surface area (Å²) in [4.78, 5) is 36.1. The van der Waals surface area contributed by atoms with E-state index in [0.29, 0.717) is 6.42 Å². The standard InChI is InChI=1S/C19H23F2N3O3/c1-11(9-12-3-5-13(6-4-12)18(2,20)21)15(25)22-10-19(14-7-8-14)16(26)23-17(27)24-19/h3-6,11,14H,7-10H2,1-2H3,(H,22,25)(H2,23,24,26,27). The van der Waals surface area contributed by atoms with E-state index in [-0.39, 0.29) is 23.9 Å². The number of imide groups is 1. The van der Waals surface area contributed by atoms with E-state index in [9.17, 15) is 23.2 Å². The van der Waals surface area contributed by atoms with E-state index >= 15 is 0 Å². The van der Waals surface area contributed by atoms with E-state index in [2.05, 4.69) is 16.0 Å². The summed E-state index contributed by atoms with van der Waals surface area (Å²) in [6, 6.07) is 5.36. The third kappa shape index (κ3) is 4.09. The quantitative estimate of drug-likeness (QED) is 0.634. The van der Waals surface area contributed by atoms with Crippen LogP contribution in [-0.4, -0.2) is 29.9 Å². The first kappa shape index (κ1) is 19.3. The lowest BCUT2D eigenvalue weighted by molar-refractivity contribution is -0.127. The number of benzene rings is 1. The molecule has 6 nitrogen and oxygen atoms in total. The third-order valence-corrected chi connectivity index (χ3v) is 5.23. The molecule has 1 aromatic rings. The van der Waals surface area contributed by atoms with Gasteiger partial charge in [-0.1, -0.05) is 31.2 Å². The summed E-state index contributed by atoms with van der Waals surface area (Å²) in [7, 11) is 0. The van der Waals surface area contributed by atoms with Gasteiger partial charge in [0.15, 0.2) is 0 Å². The van der Waals surface area contributed by atoms with Crippen LogP contribution in [0, 0.1) is 11.8 Å². The second-order valence-electron chi connectivity index (χ2n) is 7.56. The summed E-state index contributed by atoms with van der Waals surface area (Å²) < 4.78 is 26.5. The van der Waals surface area contributed by atoms with Crippen LogP contribution in [0.2, 0.25) is 0 Å². The van der Waals surface area contributed by atoms with Crippen LogP contribution < -0.4 is 16.0 Å². The molecular weight excluding hydrogens is 356 g/mol. The Morgan fingerprint density at radius 3 is 2.41 bits per heavy atom. The average molecular weight is 379 g/mol. The zero-order chi connectivity index (χ0) is 19.8. The van der Waals surface area contributed by atoms with Crippen molar-refractivity contribution >= 4 is 17.8 Å². The van der Waals surface area contributed by atoms with Crippen LogP contribution in [0.1, 0.15) is 37.8 Å². The highest BCUT2D eigenvalue weighted by atomic mass is 19.3. The number of nitrogens with one attached hydrogen (secondary N) is 3. The number of amides is 4. The van der Waals surface area contributed by atoms with Gasteiger partial charge in [-0.25, -0.2) is 13.6 Å². The number of urea groups is 1. The lowest BCUT2D eigenvalue weighted by atomic mass is 9.92. The molecular formula is C19H23F2N3O3. The Hall–Kier alpha value is -2.51. The van der Waals surface area contributed by atoms with Crippen LogP contribution >= 0.6 is 0 Å². The van der Waals surface area contributed by atoms with E-state index in [1.807, 2.05) is 0 Å². The van der Waals surface area contributed by atoms with Crippen molar-refractivity contribution in [2.75, 3.05) is 6.54 Å².